The number of hydrogen-bond donors (Lipinski definition) is 0. The van der Waals surface area contributed by atoms with Crippen LogP contribution in [0.25, 0.3) is 5.57 Å². The van der Waals surface area contributed by atoms with Gasteiger partial charge >= 0.3 is 0 Å². The summed E-state index contributed by atoms with van der Waals surface area (Å²) in [4.78, 5) is 0. The monoisotopic (exact) mass is 186 g/mol. The van der Waals surface area contributed by atoms with Crippen LogP contribution in [0, 0.1) is 0 Å². The van der Waals surface area contributed by atoms with E-state index in [1.165, 1.54) is 41.5 Å². The second-order valence-corrected chi connectivity index (χ2v) is 4.49. The maximum atomic E-state index is 4.20. The molecule has 0 heteroatoms. The molecule has 1 aromatic carbocycles. The van der Waals surface area contributed by atoms with Crippen molar-refractivity contribution in [3.05, 3.63) is 41.5 Å². The first-order valence-electron chi connectivity index (χ1n) is 5.50. The Labute approximate surface area is 86.7 Å². The first kappa shape index (κ1) is 9.51. The van der Waals surface area contributed by atoms with E-state index in [0.29, 0.717) is 5.92 Å². The summed E-state index contributed by atoms with van der Waals surface area (Å²) >= 11 is 0. The molecule has 1 aromatic rings. The molecule has 0 amide bonds. The first-order valence-corrected chi connectivity index (χ1v) is 5.50. The van der Waals surface area contributed by atoms with Crippen LogP contribution >= 0.6 is 0 Å². The van der Waals surface area contributed by atoms with E-state index in [1.807, 2.05) is 0 Å². The van der Waals surface area contributed by atoms with Crippen LogP contribution in [0.4, 0.5) is 0 Å². The van der Waals surface area contributed by atoms with Crippen LogP contribution in [0.2, 0.25) is 0 Å². The van der Waals surface area contributed by atoms with E-state index in [0.717, 1.165) is 0 Å². The highest BCUT2D eigenvalue weighted by molar-refractivity contribution is 5.71. The van der Waals surface area contributed by atoms with Crippen LogP contribution in [0.5, 0.6) is 0 Å². The molecule has 0 saturated carbocycles. The fraction of sp³-hybridized carbons (Fsp3) is 0.429. The van der Waals surface area contributed by atoms with E-state index in [-0.39, 0.29) is 0 Å². The molecule has 0 saturated heterocycles. The number of hydrogen-bond acceptors (Lipinski definition) is 0. The number of rotatable bonds is 1. The van der Waals surface area contributed by atoms with Crippen LogP contribution in [0.1, 0.15) is 49.3 Å². The Bertz CT molecular complexity index is 358. The third-order valence-electron chi connectivity index (χ3n) is 3.08. The van der Waals surface area contributed by atoms with Crippen LogP contribution < -0.4 is 0 Å². The van der Waals surface area contributed by atoms with Gasteiger partial charge in [0, 0.05) is 0 Å². The third kappa shape index (κ3) is 1.50. The summed E-state index contributed by atoms with van der Waals surface area (Å²) in [6.45, 7) is 8.72. The van der Waals surface area contributed by atoms with E-state index in [4.69, 9.17) is 0 Å². The van der Waals surface area contributed by atoms with Gasteiger partial charge in [-0.15, -0.1) is 0 Å². The number of allylic oxidation sites excluding steroid dienone is 1. The maximum Gasteiger partial charge on any atom is -0.0164 e. The molecular formula is C14H18. The van der Waals surface area contributed by atoms with Crippen molar-refractivity contribution in [2.45, 2.75) is 39.0 Å². The van der Waals surface area contributed by atoms with Gasteiger partial charge in [-0.05, 0) is 47.4 Å². The predicted octanol–water partition coefficient (Wildman–Crippen LogP) is 4.16. The summed E-state index contributed by atoms with van der Waals surface area (Å²) < 4.78 is 0. The van der Waals surface area contributed by atoms with Crippen molar-refractivity contribution < 1.29 is 0 Å². The summed E-state index contributed by atoms with van der Waals surface area (Å²) in [5, 5.41) is 0. The van der Waals surface area contributed by atoms with Crippen molar-refractivity contribution in [3.8, 4) is 0 Å². The lowest BCUT2D eigenvalue weighted by molar-refractivity contribution is 0.796. The summed E-state index contributed by atoms with van der Waals surface area (Å²) in [7, 11) is 0. The van der Waals surface area contributed by atoms with Crippen LogP contribution in [-0.4, -0.2) is 0 Å². The molecule has 1 aliphatic carbocycles. The molecule has 0 bridgehead atoms. The normalized spacial score (nSPS) is 15.8. The molecule has 0 unspecified atom stereocenters. The Hall–Kier alpha value is -1.04. The highest BCUT2D eigenvalue weighted by Gasteiger charge is 2.16. The lowest BCUT2D eigenvalue weighted by Gasteiger charge is -2.23. The fourth-order valence-corrected chi connectivity index (χ4v) is 2.36. The Balaban J connectivity index is 2.57. The molecule has 0 fully saturated rings. The largest absolute Gasteiger partial charge is 0.0952 e. The average Bonchev–Trinajstić information content (AvgIpc) is 2.17. The van der Waals surface area contributed by atoms with Crippen LogP contribution in [-0.2, 0) is 6.42 Å². The topological polar surface area (TPSA) is 0 Å². The van der Waals surface area contributed by atoms with Crippen LogP contribution in [0.15, 0.2) is 24.8 Å². The van der Waals surface area contributed by atoms with Gasteiger partial charge < -0.3 is 0 Å². The second kappa shape index (κ2) is 3.61. The third-order valence-corrected chi connectivity index (χ3v) is 3.08. The highest BCUT2D eigenvalue weighted by atomic mass is 14.2. The van der Waals surface area contributed by atoms with Crippen molar-refractivity contribution >= 4 is 5.57 Å². The minimum Gasteiger partial charge on any atom is -0.0952 e. The van der Waals surface area contributed by atoms with Gasteiger partial charge in [0.25, 0.3) is 0 Å². The number of aryl methyl sites for hydroxylation is 1. The van der Waals surface area contributed by atoms with E-state index in [9.17, 15) is 0 Å². The standard InChI is InChI=1S/C14H18/c1-10(2)13-9-5-8-12-7-4-6-11(3)14(12)13/h5,8-10H,3-4,6-7H2,1-2H3. The van der Waals surface area contributed by atoms with Crippen molar-refractivity contribution in [1.82, 2.24) is 0 Å². The maximum absolute atomic E-state index is 4.20. The zero-order valence-electron chi connectivity index (χ0n) is 9.14. The Kier molecular flexibility index (Phi) is 2.45. The minimum atomic E-state index is 0.611. The highest BCUT2D eigenvalue weighted by Crippen LogP contribution is 2.34. The minimum absolute atomic E-state index is 0.611. The molecule has 2 rings (SSSR count). The number of fused-ring (bicyclic) bond motifs is 1. The van der Waals surface area contributed by atoms with Gasteiger partial charge in [0.05, 0.1) is 0 Å². The summed E-state index contributed by atoms with van der Waals surface area (Å²) in [6, 6.07) is 6.69. The van der Waals surface area contributed by atoms with E-state index < -0.39 is 0 Å². The lowest BCUT2D eigenvalue weighted by atomic mass is 9.82. The Morgan fingerprint density at radius 3 is 2.71 bits per heavy atom. The predicted molar refractivity (Wildman–Crippen MR) is 62.5 cm³/mol. The zero-order valence-corrected chi connectivity index (χ0v) is 9.14. The summed E-state index contributed by atoms with van der Waals surface area (Å²) in [6.07, 6.45) is 3.68. The van der Waals surface area contributed by atoms with Gasteiger partial charge in [-0.3, -0.25) is 0 Å². The Morgan fingerprint density at radius 1 is 1.21 bits per heavy atom. The molecule has 0 spiro atoms. The van der Waals surface area contributed by atoms with E-state index in [2.05, 4.69) is 38.6 Å². The number of benzene rings is 1. The molecule has 0 N–H and O–H groups in total. The molecule has 0 heterocycles. The van der Waals surface area contributed by atoms with Gasteiger partial charge in [-0.1, -0.05) is 38.6 Å². The molecule has 0 aromatic heterocycles. The fourth-order valence-electron chi connectivity index (χ4n) is 2.36. The lowest BCUT2D eigenvalue weighted by Crippen LogP contribution is -2.05. The Morgan fingerprint density at radius 2 is 2.00 bits per heavy atom. The molecular weight excluding hydrogens is 168 g/mol. The van der Waals surface area contributed by atoms with Crippen molar-refractivity contribution in [2.24, 2.45) is 0 Å². The molecule has 0 nitrogen and oxygen atoms in total. The molecule has 14 heavy (non-hydrogen) atoms. The van der Waals surface area contributed by atoms with Gasteiger partial charge in [0.1, 0.15) is 0 Å². The quantitative estimate of drug-likeness (QED) is 0.617. The first-order chi connectivity index (χ1) is 6.70. The van der Waals surface area contributed by atoms with Gasteiger partial charge in [-0.25, -0.2) is 0 Å². The smallest absolute Gasteiger partial charge is 0.0164 e. The van der Waals surface area contributed by atoms with Crippen molar-refractivity contribution in [2.75, 3.05) is 0 Å². The summed E-state index contributed by atoms with van der Waals surface area (Å²) in [5.41, 5.74) is 5.80. The molecule has 0 aliphatic heterocycles. The molecule has 0 atom stereocenters. The SMILES string of the molecule is C=C1CCCc2cccc(C(C)C)c21. The van der Waals surface area contributed by atoms with Gasteiger partial charge in [0.2, 0.25) is 0 Å². The molecule has 1 aliphatic rings. The van der Waals surface area contributed by atoms with E-state index >= 15 is 0 Å². The average molecular weight is 186 g/mol. The zero-order chi connectivity index (χ0) is 10.1. The second-order valence-electron chi connectivity index (χ2n) is 4.49. The van der Waals surface area contributed by atoms with Gasteiger partial charge in [0.15, 0.2) is 0 Å². The van der Waals surface area contributed by atoms with Crippen molar-refractivity contribution in [1.29, 1.82) is 0 Å². The van der Waals surface area contributed by atoms with E-state index in [1.54, 1.807) is 0 Å². The molecule has 74 valence electrons. The van der Waals surface area contributed by atoms with Crippen molar-refractivity contribution in [3.63, 3.8) is 0 Å². The van der Waals surface area contributed by atoms with Gasteiger partial charge in [-0.2, -0.15) is 0 Å². The van der Waals surface area contributed by atoms with Crippen LogP contribution in [0.3, 0.4) is 0 Å². The molecule has 0 radical (unpaired) electrons. The summed E-state index contributed by atoms with van der Waals surface area (Å²) in [5.74, 6) is 0.611.